The molecular weight excluding hydrogens is 228 g/mol. The number of hydrogen-bond acceptors (Lipinski definition) is 4. The highest BCUT2D eigenvalue weighted by atomic mass is 16.5. The zero-order valence-electron chi connectivity index (χ0n) is 11.0. The van der Waals surface area contributed by atoms with Gasteiger partial charge < -0.3 is 15.8 Å². The third-order valence-electron chi connectivity index (χ3n) is 3.59. The lowest BCUT2D eigenvalue weighted by Gasteiger charge is -2.26. The fourth-order valence-corrected chi connectivity index (χ4v) is 2.73. The number of nitrogen functional groups attached to an aromatic ring is 1. The largest absolute Gasteiger partial charge is 0.465 e. The van der Waals surface area contributed by atoms with Crippen molar-refractivity contribution in [2.45, 2.75) is 25.7 Å². The summed E-state index contributed by atoms with van der Waals surface area (Å²) in [6.45, 7) is 4.07. The topological polar surface area (TPSA) is 64.3 Å². The molecule has 4 heteroatoms. The van der Waals surface area contributed by atoms with Gasteiger partial charge in [0.25, 0.3) is 0 Å². The van der Waals surface area contributed by atoms with Crippen LogP contribution in [0.5, 0.6) is 0 Å². The highest BCUT2D eigenvalue weighted by Gasteiger charge is 2.21. The van der Waals surface area contributed by atoms with Crippen LogP contribution in [0.25, 0.3) is 0 Å². The van der Waals surface area contributed by atoms with Crippen LogP contribution in [-0.2, 0) is 4.74 Å². The first-order valence-corrected chi connectivity index (χ1v) is 6.32. The standard InChI is InChI=1S/C14H20N2O2/c1-9-7-11(14(17)18-2)8-12(15)13(9)10-3-5-16-6-4-10/h7-8,10,16H,3-6,15H2,1-2H3. The van der Waals surface area contributed by atoms with Gasteiger partial charge in [-0.05, 0) is 62.0 Å². The minimum absolute atomic E-state index is 0.332. The van der Waals surface area contributed by atoms with Gasteiger partial charge in [0.2, 0.25) is 0 Å². The van der Waals surface area contributed by atoms with Gasteiger partial charge in [-0.15, -0.1) is 0 Å². The lowest BCUT2D eigenvalue weighted by molar-refractivity contribution is 0.0600. The number of rotatable bonds is 2. The van der Waals surface area contributed by atoms with Crippen LogP contribution < -0.4 is 11.1 Å². The van der Waals surface area contributed by atoms with E-state index in [9.17, 15) is 4.79 Å². The van der Waals surface area contributed by atoms with E-state index in [1.807, 2.05) is 13.0 Å². The minimum Gasteiger partial charge on any atom is -0.465 e. The zero-order chi connectivity index (χ0) is 13.1. The Labute approximate surface area is 108 Å². The SMILES string of the molecule is COC(=O)c1cc(C)c(C2CCNCC2)c(N)c1. The van der Waals surface area contributed by atoms with Gasteiger partial charge >= 0.3 is 5.97 Å². The van der Waals surface area contributed by atoms with Gasteiger partial charge in [-0.3, -0.25) is 0 Å². The second kappa shape index (κ2) is 5.40. The van der Waals surface area contributed by atoms with Crippen LogP contribution in [-0.4, -0.2) is 26.2 Å². The monoisotopic (exact) mass is 248 g/mol. The predicted octanol–water partition coefficient (Wildman–Crippen LogP) is 1.83. The van der Waals surface area contributed by atoms with E-state index >= 15 is 0 Å². The van der Waals surface area contributed by atoms with Crippen molar-refractivity contribution in [2.75, 3.05) is 25.9 Å². The number of anilines is 1. The van der Waals surface area contributed by atoms with Crippen molar-refractivity contribution < 1.29 is 9.53 Å². The van der Waals surface area contributed by atoms with E-state index < -0.39 is 0 Å². The molecule has 1 saturated heterocycles. The number of nitrogens with two attached hydrogens (primary N) is 1. The number of piperidine rings is 1. The summed E-state index contributed by atoms with van der Waals surface area (Å²) in [5, 5.41) is 3.35. The van der Waals surface area contributed by atoms with Gasteiger partial charge in [0.15, 0.2) is 0 Å². The lowest BCUT2D eigenvalue weighted by atomic mass is 9.85. The number of carbonyl (C=O) groups is 1. The van der Waals surface area contributed by atoms with E-state index in [1.165, 1.54) is 12.7 Å². The van der Waals surface area contributed by atoms with E-state index in [1.54, 1.807) is 6.07 Å². The number of esters is 1. The molecule has 0 spiro atoms. The van der Waals surface area contributed by atoms with Crippen molar-refractivity contribution in [1.29, 1.82) is 0 Å². The normalized spacial score (nSPS) is 16.6. The molecule has 1 aliphatic rings. The van der Waals surface area contributed by atoms with Crippen molar-refractivity contribution in [3.05, 3.63) is 28.8 Å². The number of nitrogens with one attached hydrogen (secondary N) is 1. The molecule has 1 fully saturated rings. The van der Waals surface area contributed by atoms with Gasteiger partial charge in [-0.2, -0.15) is 0 Å². The Morgan fingerprint density at radius 1 is 1.39 bits per heavy atom. The molecule has 1 aromatic rings. The first-order valence-electron chi connectivity index (χ1n) is 6.32. The molecule has 1 aliphatic heterocycles. The second-order valence-electron chi connectivity index (χ2n) is 4.81. The number of hydrogen-bond donors (Lipinski definition) is 2. The molecule has 1 heterocycles. The highest BCUT2D eigenvalue weighted by molar-refractivity contribution is 5.91. The minimum atomic E-state index is -0.332. The van der Waals surface area contributed by atoms with E-state index in [2.05, 4.69) is 5.32 Å². The maximum absolute atomic E-state index is 11.5. The molecule has 0 amide bonds. The molecule has 18 heavy (non-hydrogen) atoms. The Morgan fingerprint density at radius 3 is 2.61 bits per heavy atom. The number of carbonyl (C=O) groups excluding carboxylic acids is 1. The molecule has 2 rings (SSSR count). The van der Waals surface area contributed by atoms with Gasteiger partial charge in [-0.1, -0.05) is 0 Å². The molecule has 3 N–H and O–H groups in total. The third kappa shape index (κ3) is 2.48. The zero-order valence-corrected chi connectivity index (χ0v) is 11.0. The molecule has 98 valence electrons. The molecule has 0 bridgehead atoms. The molecule has 1 aromatic carbocycles. The van der Waals surface area contributed by atoms with E-state index in [4.69, 9.17) is 10.5 Å². The molecule has 0 atom stereocenters. The van der Waals surface area contributed by atoms with Gasteiger partial charge in [0.1, 0.15) is 0 Å². The van der Waals surface area contributed by atoms with Crippen LogP contribution in [0.3, 0.4) is 0 Å². The maximum Gasteiger partial charge on any atom is 0.337 e. The van der Waals surface area contributed by atoms with Gasteiger partial charge in [0, 0.05) is 5.69 Å². The summed E-state index contributed by atoms with van der Waals surface area (Å²) < 4.78 is 4.73. The Hall–Kier alpha value is -1.55. The van der Waals surface area contributed by atoms with Crippen LogP contribution in [0.15, 0.2) is 12.1 Å². The van der Waals surface area contributed by atoms with Crippen LogP contribution >= 0.6 is 0 Å². The summed E-state index contributed by atoms with van der Waals surface area (Å²) in [6, 6.07) is 3.61. The van der Waals surface area contributed by atoms with E-state index in [0.717, 1.165) is 31.5 Å². The van der Waals surface area contributed by atoms with Crippen molar-refractivity contribution in [3.8, 4) is 0 Å². The number of ether oxygens (including phenoxy) is 1. The van der Waals surface area contributed by atoms with E-state index in [0.29, 0.717) is 17.2 Å². The Bertz CT molecular complexity index is 428. The third-order valence-corrected chi connectivity index (χ3v) is 3.59. The van der Waals surface area contributed by atoms with Crippen molar-refractivity contribution >= 4 is 11.7 Å². The first-order chi connectivity index (χ1) is 8.63. The summed E-state index contributed by atoms with van der Waals surface area (Å²) in [4.78, 5) is 11.5. The van der Waals surface area contributed by atoms with Crippen molar-refractivity contribution in [3.63, 3.8) is 0 Å². The molecule has 0 aliphatic carbocycles. The summed E-state index contributed by atoms with van der Waals surface area (Å²) in [7, 11) is 1.38. The van der Waals surface area contributed by atoms with Gasteiger partial charge in [-0.25, -0.2) is 4.79 Å². The van der Waals surface area contributed by atoms with Crippen LogP contribution in [0.2, 0.25) is 0 Å². The van der Waals surface area contributed by atoms with Crippen molar-refractivity contribution in [2.24, 2.45) is 0 Å². The number of benzene rings is 1. The molecule has 0 radical (unpaired) electrons. The predicted molar refractivity (Wildman–Crippen MR) is 71.8 cm³/mol. The number of methoxy groups -OCH3 is 1. The highest BCUT2D eigenvalue weighted by Crippen LogP contribution is 2.33. The smallest absolute Gasteiger partial charge is 0.337 e. The molecule has 4 nitrogen and oxygen atoms in total. The van der Waals surface area contributed by atoms with Crippen LogP contribution in [0.1, 0.15) is 40.2 Å². The van der Waals surface area contributed by atoms with Crippen LogP contribution in [0.4, 0.5) is 5.69 Å². The van der Waals surface area contributed by atoms with Gasteiger partial charge in [0.05, 0.1) is 12.7 Å². The molecule has 0 aromatic heterocycles. The summed E-state index contributed by atoms with van der Waals surface area (Å²) >= 11 is 0. The Kier molecular flexibility index (Phi) is 3.87. The fourth-order valence-electron chi connectivity index (χ4n) is 2.73. The summed E-state index contributed by atoms with van der Waals surface area (Å²) in [5.41, 5.74) is 9.64. The quantitative estimate of drug-likeness (QED) is 0.619. The average Bonchev–Trinajstić information content (AvgIpc) is 2.38. The Balaban J connectivity index is 2.34. The van der Waals surface area contributed by atoms with Crippen molar-refractivity contribution in [1.82, 2.24) is 5.32 Å². The Morgan fingerprint density at radius 2 is 2.06 bits per heavy atom. The molecular formula is C14H20N2O2. The summed E-state index contributed by atoms with van der Waals surface area (Å²) in [6.07, 6.45) is 2.20. The lowest BCUT2D eigenvalue weighted by Crippen LogP contribution is -2.27. The number of aryl methyl sites for hydroxylation is 1. The maximum atomic E-state index is 11.5. The molecule has 0 unspecified atom stereocenters. The summed E-state index contributed by atoms with van der Waals surface area (Å²) in [5.74, 6) is 0.166. The first kappa shape index (κ1) is 12.9. The van der Waals surface area contributed by atoms with E-state index in [-0.39, 0.29) is 5.97 Å². The van der Waals surface area contributed by atoms with Crippen LogP contribution in [0, 0.1) is 6.92 Å². The second-order valence-corrected chi connectivity index (χ2v) is 4.81. The average molecular weight is 248 g/mol. The molecule has 0 saturated carbocycles. The fraction of sp³-hybridized carbons (Fsp3) is 0.500.